The lowest BCUT2D eigenvalue weighted by atomic mass is 9.89. The molecule has 3 nitrogen and oxygen atoms in total. The molecule has 136 valence electrons. The number of aliphatic hydroxyl groups excluding tert-OH is 1. The molecule has 4 heteroatoms. The van der Waals surface area contributed by atoms with E-state index in [-0.39, 0.29) is 17.5 Å². The van der Waals surface area contributed by atoms with Crippen molar-refractivity contribution in [2.75, 3.05) is 0 Å². The summed E-state index contributed by atoms with van der Waals surface area (Å²) in [7, 11) is 0. The molecular formula is C22H24ClNO2. The zero-order valence-electron chi connectivity index (χ0n) is 15.3. The van der Waals surface area contributed by atoms with Crippen molar-refractivity contribution in [2.24, 2.45) is 5.92 Å². The first-order valence-corrected chi connectivity index (χ1v) is 9.64. The van der Waals surface area contributed by atoms with E-state index in [0.717, 1.165) is 48.1 Å². The van der Waals surface area contributed by atoms with Gasteiger partial charge in [0.1, 0.15) is 5.76 Å². The molecule has 0 saturated heterocycles. The number of halogens is 1. The Kier molecular flexibility index (Phi) is 5.77. The number of carbonyl (C=O) groups is 1. The molecule has 1 aliphatic carbocycles. The first kappa shape index (κ1) is 18.7. The van der Waals surface area contributed by atoms with Gasteiger partial charge in [-0.1, -0.05) is 37.6 Å². The molecule has 0 unspecified atom stereocenters. The van der Waals surface area contributed by atoms with Gasteiger partial charge in [-0.15, -0.1) is 0 Å². The van der Waals surface area contributed by atoms with Crippen LogP contribution in [0.1, 0.15) is 50.7 Å². The number of hydrogen-bond acceptors (Lipinski definition) is 3. The summed E-state index contributed by atoms with van der Waals surface area (Å²) in [6.07, 6.45) is 5.42. The number of benzene rings is 1. The van der Waals surface area contributed by atoms with Gasteiger partial charge in [0.25, 0.3) is 0 Å². The van der Waals surface area contributed by atoms with Crippen LogP contribution in [-0.4, -0.2) is 15.9 Å². The minimum absolute atomic E-state index is 0.0364. The SMILES string of the molecule is CCc1ccc(-c2ccc(Cl)cn2)cc1C1=C(O)[C@@H](CC)CCCC1=O. The molecule has 1 aliphatic rings. The summed E-state index contributed by atoms with van der Waals surface area (Å²) in [6.45, 7) is 4.12. The van der Waals surface area contributed by atoms with Crippen LogP contribution in [0.4, 0.5) is 0 Å². The van der Waals surface area contributed by atoms with Crippen LogP contribution >= 0.6 is 11.6 Å². The zero-order valence-corrected chi connectivity index (χ0v) is 16.0. The molecule has 0 bridgehead atoms. The van der Waals surface area contributed by atoms with E-state index < -0.39 is 0 Å². The first-order valence-electron chi connectivity index (χ1n) is 9.26. The van der Waals surface area contributed by atoms with E-state index >= 15 is 0 Å². The number of ketones is 1. The maximum absolute atomic E-state index is 12.8. The fraction of sp³-hybridized carbons (Fsp3) is 0.364. The predicted octanol–water partition coefficient (Wildman–Crippen LogP) is 6.01. The number of aromatic nitrogens is 1. The predicted molar refractivity (Wildman–Crippen MR) is 106 cm³/mol. The second kappa shape index (κ2) is 8.05. The Morgan fingerprint density at radius 2 is 2.04 bits per heavy atom. The number of pyridine rings is 1. The fourth-order valence-corrected chi connectivity index (χ4v) is 3.74. The average Bonchev–Trinajstić information content (AvgIpc) is 2.79. The van der Waals surface area contributed by atoms with Crippen LogP contribution in [0, 0.1) is 5.92 Å². The highest BCUT2D eigenvalue weighted by Gasteiger charge is 2.27. The molecule has 0 radical (unpaired) electrons. The Hall–Kier alpha value is -2.13. The van der Waals surface area contributed by atoms with E-state index in [2.05, 4.69) is 18.8 Å². The average molecular weight is 370 g/mol. The number of hydrogen-bond donors (Lipinski definition) is 1. The van der Waals surface area contributed by atoms with Crippen molar-refractivity contribution in [3.8, 4) is 11.3 Å². The topological polar surface area (TPSA) is 50.2 Å². The van der Waals surface area contributed by atoms with Gasteiger partial charge in [-0.25, -0.2) is 0 Å². The smallest absolute Gasteiger partial charge is 0.166 e. The molecule has 1 N–H and O–H groups in total. The van der Waals surface area contributed by atoms with Gasteiger partial charge in [-0.2, -0.15) is 0 Å². The van der Waals surface area contributed by atoms with Gasteiger partial charge in [0.2, 0.25) is 0 Å². The minimum atomic E-state index is 0.0364. The zero-order chi connectivity index (χ0) is 18.7. The molecule has 1 heterocycles. The molecule has 1 aromatic carbocycles. The molecule has 0 fully saturated rings. The van der Waals surface area contributed by atoms with Crippen LogP contribution in [0.5, 0.6) is 0 Å². The highest BCUT2D eigenvalue weighted by atomic mass is 35.5. The lowest BCUT2D eigenvalue weighted by Crippen LogP contribution is -2.09. The molecule has 26 heavy (non-hydrogen) atoms. The minimum Gasteiger partial charge on any atom is -0.511 e. The number of rotatable bonds is 4. The Bertz CT molecular complexity index is 840. The molecule has 0 amide bonds. The number of carbonyl (C=O) groups excluding carboxylic acids is 1. The first-order chi connectivity index (χ1) is 12.5. The monoisotopic (exact) mass is 369 g/mol. The number of Topliss-reactive ketones (excluding diaryl/α,β-unsaturated/α-hetero) is 1. The van der Waals surface area contributed by atoms with Crippen molar-refractivity contribution < 1.29 is 9.90 Å². The molecular weight excluding hydrogens is 346 g/mol. The van der Waals surface area contributed by atoms with Gasteiger partial charge in [0, 0.05) is 24.1 Å². The summed E-state index contributed by atoms with van der Waals surface area (Å²) in [6, 6.07) is 9.69. The van der Waals surface area contributed by atoms with Gasteiger partial charge < -0.3 is 5.11 Å². The van der Waals surface area contributed by atoms with Crippen LogP contribution < -0.4 is 0 Å². The van der Waals surface area contributed by atoms with Crippen molar-refractivity contribution in [3.63, 3.8) is 0 Å². The Morgan fingerprint density at radius 1 is 1.23 bits per heavy atom. The lowest BCUT2D eigenvalue weighted by Gasteiger charge is -2.17. The van der Waals surface area contributed by atoms with Crippen LogP contribution in [0.25, 0.3) is 16.8 Å². The maximum atomic E-state index is 12.8. The molecule has 0 saturated carbocycles. The molecule has 3 rings (SSSR count). The van der Waals surface area contributed by atoms with Crippen molar-refractivity contribution in [1.29, 1.82) is 0 Å². The second-order valence-electron chi connectivity index (χ2n) is 6.77. The fourth-order valence-electron chi connectivity index (χ4n) is 3.63. The largest absolute Gasteiger partial charge is 0.511 e. The lowest BCUT2D eigenvalue weighted by molar-refractivity contribution is -0.113. The van der Waals surface area contributed by atoms with E-state index in [1.165, 1.54) is 0 Å². The summed E-state index contributed by atoms with van der Waals surface area (Å²) in [4.78, 5) is 17.2. The summed E-state index contributed by atoms with van der Waals surface area (Å²) >= 11 is 5.94. The van der Waals surface area contributed by atoms with Gasteiger partial charge in [0.05, 0.1) is 16.3 Å². The van der Waals surface area contributed by atoms with E-state index in [1.54, 1.807) is 12.3 Å². The molecule has 2 aromatic rings. The van der Waals surface area contributed by atoms with Crippen LogP contribution in [0.2, 0.25) is 5.02 Å². The van der Waals surface area contributed by atoms with Crippen molar-refractivity contribution in [2.45, 2.75) is 46.0 Å². The Labute approximate surface area is 159 Å². The number of aryl methyl sites for hydroxylation is 1. The number of allylic oxidation sites excluding steroid dienone is 2. The Balaban J connectivity index is 2.16. The van der Waals surface area contributed by atoms with E-state index in [9.17, 15) is 9.90 Å². The second-order valence-corrected chi connectivity index (χ2v) is 7.20. The summed E-state index contributed by atoms with van der Waals surface area (Å²) < 4.78 is 0. The van der Waals surface area contributed by atoms with E-state index in [4.69, 9.17) is 11.6 Å². The molecule has 0 spiro atoms. The van der Waals surface area contributed by atoms with Gasteiger partial charge >= 0.3 is 0 Å². The van der Waals surface area contributed by atoms with E-state index in [1.807, 2.05) is 24.3 Å². The van der Waals surface area contributed by atoms with E-state index in [0.29, 0.717) is 17.0 Å². The van der Waals surface area contributed by atoms with Crippen molar-refractivity contribution in [3.05, 3.63) is 58.4 Å². The normalized spacial score (nSPS) is 18.1. The molecule has 1 aromatic heterocycles. The highest BCUT2D eigenvalue weighted by molar-refractivity contribution is 6.30. The van der Waals surface area contributed by atoms with Crippen LogP contribution in [0.3, 0.4) is 0 Å². The third-order valence-corrected chi connectivity index (χ3v) is 5.38. The Morgan fingerprint density at radius 3 is 2.69 bits per heavy atom. The summed E-state index contributed by atoms with van der Waals surface area (Å²) in [5.41, 5.74) is 4.12. The van der Waals surface area contributed by atoms with Gasteiger partial charge in [0.15, 0.2) is 5.78 Å². The van der Waals surface area contributed by atoms with Crippen molar-refractivity contribution >= 4 is 23.0 Å². The number of aliphatic hydroxyl groups is 1. The number of nitrogens with zero attached hydrogens (tertiary/aromatic N) is 1. The van der Waals surface area contributed by atoms with Gasteiger partial charge in [-0.3, -0.25) is 9.78 Å². The van der Waals surface area contributed by atoms with Gasteiger partial charge in [-0.05, 0) is 55.0 Å². The highest BCUT2D eigenvalue weighted by Crippen LogP contribution is 2.36. The van der Waals surface area contributed by atoms with Crippen LogP contribution in [0.15, 0.2) is 42.3 Å². The summed E-state index contributed by atoms with van der Waals surface area (Å²) in [5, 5.41) is 11.5. The third kappa shape index (κ3) is 3.68. The summed E-state index contributed by atoms with van der Waals surface area (Å²) in [5.74, 6) is 0.346. The van der Waals surface area contributed by atoms with Crippen LogP contribution in [-0.2, 0) is 11.2 Å². The molecule has 1 atom stereocenters. The molecule has 0 aliphatic heterocycles. The standard InChI is InChI=1S/C22H24ClNO2/c1-3-14-8-9-16(19-11-10-17(23)13-24-19)12-18(14)21-20(25)7-5-6-15(4-2)22(21)26/h8-13,15,26H,3-7H2,1-2H3/t15-/m0/s1. The third-order valence-electron chi connectivity index (χ3n) is 5.15. The van der Waals surface area contributed by atoms with Crippen molar-refractivity contribution in [1.82, 2.24) is 4.98 Å². The maximum Gasteiger partial charge on any atom is 0.166 e. The quantitative estimate of drug-likeness (QED) is 0.717.